The van der Waals surface area contributed by atoms with E-state index in [0.29, 0.717) is 5.75 Å². The van der Waals surface area contributed by atoms with Gasteiger partial charge in [0.25, 0.3) is 5.75 Å². The second kappa shape index (κ2) is 2.23. The van der Waals surface area contributed by atoms with E-state index >= 15 is 0 Å². The van der Waals surface area contributed by atoms with Crippen LogP contribution in [0.15, 0.2) is 36.5 Å². The molecule has 0 spiro atoms. The normalized spacial score (nSPS) is 10.2. The van der Waals surface area contributed by atoms with E-state index in [-0.39, 0.29) is 0 Å². The van der Waals surface area contributed by atoms with E-state index in [9.17, 15) is 0 Å². The van der Waals surface area contributed by atoms with E-state index in [2.05, 4.69) is 4.98 Å². The number of hydrogen-bond donors (Lipinski definition) is 0. The molecule has 0 bridgehead atoms. The van der Waals surface area contributed by atoms with E-state index in [1.807, 2.05) is 24.3 Å². The summed E-state index contributed by atoms with van der Waals surface area (Å²) in [5, 5.41) is 8.38. The van der Waals surface area contributed by atoms with E-state index in [0.717, 1.165) is 10.9 Å². The minimum atomic E-state index is 0.533. The Hall–Kier alpha value is -1.57. The molecular weight excluding hydrogens is 138 g/mol. The van der Waals surface area contributed by atoms with Crippen molar-refractivity contribution in [1.82, 2.24) is 4.98 Å². The van der Waals surface area contributed by atoms with Gasteiger partial charge in [-0.25, -0.2) is 0 Å². The van der Waals surface area contributed by atoms with Crippen molar-refractivity contribution in [3.05, 3.63) is 36.5 Å². The SMILES string of the molecule is [OH2+]c1ccc2ncccc2c1. The summed E-state index contributed by atoms with van der Waals surface area (Å²) in [5.74, 6) is 0.533. The van der Waals surface area contributed by atoms with Crippen molar-refractivity contribution in [2.45, 2.75) is 0 Å². The molecule has 1 heterocycles. The number of nitrogens with zero attached hydrogens (tertiary/aromatic N) is 1. The van der Waals surface area contributed by atoms with Crippen LogP contribution in [-0.2, 0) is 0 Å². The van der Waals surface area contributed by atoms with Crippen LogP contribution in [0.5, 0.6) is 5.75 Å². The van der Waals surface area contributed by atoms with Gasteiger partial charge in [-0.15, -0.1) is 0 Å². The van der Waals surface area contributed by atoms with Crippen molar-refractivity contribution in [2.75, 3.05) is 0 Å². The highest BCUT2D eigenvalue weighted by Gasteiger charge is 1.95. The van der Waals surface area contributed by atoms with Crippen molar-refractivity contribution >= 4 is 10.9 Å². The van der Waals surface area contributed by atoms with Crippen LogP contribution in [0.25, 0.3) is 10.9 Å². The molecule has 0 saturated carbocycles. The molecule has 0 aliphatic carbocycles. The Morgan fingerprint density at radius 3 is 3.00 bits per heavy atom. The van der Waals surface area contributed by atoms with Gasteiger partial charge in [0.05, 0.1) is 5.52 Å². The molecule has 2 N–H and O–H groups in total. The largest absolute Gasteiger partial charge is 0.593 e. The Morgan fingerprint density at radius 1 is 1.18 bits per heavy atom. The number of rotatable bonds is 0. The summed E-state index contributed by atoms with van der Waals surface area (Å²) in [5.41, 5.74) is 0.948. The zero-order valence-electron chi connectivity index (χ0n) is 5.91. The summed E-state index contributed by atoms with van der Waals surface area (Å²) in [7, 11) is 0. The Labute approximate surface area is 64.1 Å². The fourth-order valence-corrected chi connectivity index (χ4v) is 1.08. The highest BCUT2D eigenvalue weighted by molar-refractivity contribution is 5.79. The summed E-state index contributed by atoms with van der Waals surface area (Å²) >= 11 is 0. The van der Waals surface area contributed by atoms with Crippen molar-refractivity contribution in [3.8, 4) is 5.75 Å². The maximum Gasteiger partial charge on any atom is 0.254 e. The lowest BCUT2D eigenvalue weighted by Crippen LogP contribution is -1.75. The van der Waals surface area contributed by atoms with E-state index in [1.165, 1.54) is 0 Å². The first-order chi connectivity index (χ1) is 5.36. The zero-order valence-corrected chi connectivity index (χ0v) is 5.91. The van der Waals surface area contributed by atoms with Crippen LogP contribution in [0.4, 0.5) is 0 Å². The molecule has 54 valence electrons. The van der Waals surface area contributed by atoms with Crippen LogP contribution in [0.2, 0.25) is 0 Å². The highest BCUT2D eigenvalue weighted by atomic mass is 16.3. The molecule has 0 atom stereocenters. The van der Waals surface area contributed by atoms with Crippen LogP contribution in [-0.4, -0.2) is 10.1 Å². The first-order valence-corrected chi connectivity index (χ1v) is 3.43. The Morgan fingerprint density at radius 2 is 2.09 bits per heavy atom. The Kier molecular flexibility index (Phi) is 1.25. The molecule has 0 radical (unpaired) electrons. The van der Waals surface area contributed by atoms with Gasteiger partial charge in [-0.3, -0.25) is 4.98 Å². The standard InChI is InChI=1S/C9H7NO/c11-8-3-4-9-7(6-8)2-1-5-10-9/h1-6,11H/p+1. The van der Waals surface area contributed by atoms with Crippen LogP contribution >= 0.6 is 0 Å². The van der Waals surface area contributed by atoms with Crippen LogP contribution in [0.3, 0.4) is 0 Å². The fourth-order valence-electron chi connectivity index (χ4n) is 1.08. The molecule has 0 saturated heterocycles. The minimum Gasteiger partial charge on any atom is -0.593 e. The van der Waals surface area contributed by atoms with Gasteiger partial charge in [-0.2, -0.15) is 0 Å². The molecule has 0 aliphatic rings. The summed E-state index contributed by atoms with van der Waals surface area (Å²) in [6, 6.07) is 9.25. The van der Waals surface area contributed by atoms with Crippen molar-refractivity contribution in [1.29, 1.82) is 0 Å². The third kappa shape index (κ3) is 1.03. The fraction of sp³-hybridized carbons (Fsp3) is 0. The molecular formula is C9H8NO+. The molecule has 2 rings (SSSR count). The van der Waals surface area contributed by atoms with Crippen molar-refractivity contribution in [2.24, 2.45) is 0 Å². The van der Waals surface area contributed by atoms with Gasteiger partial charge in [0, 0.05) is 23.7 Å². The average molecular weight is 146 g/mol. The maximum absolute atomic E-state index is 7.35. The van der Waals surface area contributed by atoms with Gasteiger partial charge in [-0.1, -0.05) is 6.07 Å². The van der Waals surface area contributed by atoms with E-state index in [1.54, 1.807) is 12.3 Å². The molecule has 0 unspecified atom stereocenters. The third-order valence-corrected chi connectivity index (χ3v) is 1.60. The lowest BCUT2D eigenvalue weighted by Gasteiger charge is -1.93. The number of pyridine rings is 1. The van der Waals surface area contributed by atoms with Crippen molar-refractivity contribution < 1.29 is 5.11 Å². The highest BCUT2D eigenvalue weighted by Crippen LogP contribution is 2.16. The third-order valence-electron chi connectivity index (χ3n) is 1.60. The lowest BCUT2D eigenvalue weighted by molar-refractivity contribution is 0.476. The molecule has 2 heteroatoms. The average Bonchev–Trinajstić information content (AvgIpc) is 2.04. The summed E-state index contributed by atoms with van der Waals surface area (Å²) in [4.78, 5) is 4.14. The topological polar surface area (TPSA) is 35.8 Å². The molecule has 0 fully saturated rings. The first-order valence-electron chi connectivity index (χ1n) is 3.43. The van der Waals surface area contributed by atoms with Gasteiger partial charge in [0.2, 0.25) is 0 Å². The Bertz CT molecular complexity index is 384. The van der Waals surface area contributed by atoms with Crippen LogP contribution in [0.1, 0.15) is 0 Å². The number of hydrogen-bond acceptors (Lipinski definition) is 1. The molecule has 0 amide bonds. The predicted molar refractivity (Wildman–Crippen MR) is 44.8 cm³/mol. The molecule has 0 aliphatic heterocycles. The maximum atomic E-state index is 7.35. The number of aromatic nitrogens is 1. The minimum absolute atomic E-state index is 0.533. The number of fused-ring (bicyclic) bond motifs is 1. The van der Waals surface area contributed by atoms with Gasteiger partial charge >= 0.3 is 0 Å². The molecule has 11 heavy (non-hydrogen) atoms. The van der Waals surface area contributed by atoms with Gasteiger partial charge in [-0.05, 0) is 12.1 Å². The summed E-state index contributed by atoms with van der Waals surface area (Å²) < 4.78 is 0. The van der Waals surface area contributed by atoms with Crippen LogP contribution < -0.4 is 0 Å². The van der Waals surface area contributed by atoms with Crippen LogP contribution in [0, 0.1) is 0 Å². The predicted octanol–water partition coefficient (Wildman–Crippen LogP) is 1.67. The summed E-state index contributed by atoms with van der Waals surface area (Å²) in [6.07, 6.45) is 1.76. The quantitative estimate of drug-likeness (QED) is 0.521. The Balaban J connectivity index is 2.83. The first kappa shape index (κ1) is 6.16. The van der Waals surface area contributed by atoms with E-state index < -0.39 is 0 Å². The zero-order chi connectivity index (χ0) is 7.68. The smallest absolute Gasteiger partial charge is 0.254 e. The molecule has 2 nitrogen and oxygen atoms in total. The molecule has 1 aromatic heterocycles. The number of benzene rings is 1. The van der Waals surface area contributed by atoms with Crippen molar-refractivity contribution in [3.63, 3.8) is 0 Å². The van der Waals surface area contributed by atoms with E-state index in [4.69, 9.17) is 5.11 Å². The van der Waals surface area contributed by atoms with Gasteiger partial charge in [0.1, 0.15) is 0 Å². The molecule has 2 aromatic rings. The second-order valence-corrected chi connectivity index (χ2v) is 2.41. The molecule has 1 aromatic carbocycles. The van der Waals surface area contributed by atoms with Gasteiger partial charge < -0.3 is 5.11 Å². The summed E-state index contributed by atoms with van der Waals surface area (Å²) in [6.45, 7) is 0. The second-order valence-electron chi connectivity index (χ2n) is 2.41. The monoisotopic (exact) mass is 146 g/mol. The lowest BCUT2D eigenvalue weighted by atomic mass is 10.2. The van der Waals surface area contributed by atoms with Gasteiger partial charge in [0.15, 0.2) is 0 Å².